The van der Waals surface area contributed by atoms with Crippen molar-refractivity contribution < 1.29 is 9.53 Å². The fourth-order valence-electron chi connectivity index (χ4n) is 3.98. The van der Waals surface area contributed by atoms with Crippen molar-refractivity contribution in [1.29, 1.82) is 0 Å². The van der Waals surface area contributed by atoms with Crippen LogP contribution >= 0.6 is 23.2 Å². The summed E-state index contributed by atoms with van der Waals surface area (Å²) in [6.45, 7) is 6.37. The number of amides is 1. The number of hydrogen-bond acceptors (Lipinski definition) is 3. The highest BCUT2D eigenvalue weighted by atomic mass is 35.5. The van der Waals surface area contributed by atoms with Crippen LogP contribution in [-0.4, -0.2) is 46.7 Å². The van der Waals surface area contributed by atoms with Crippen molar-refractivity contribution in [3.05, 3.63) is 62.4 Å². The highest BCUT2D eigenvalue weighted by molar-refractivity contribution is 6.38. The summed E-state index contributed by atoms with van der Waals surface area (Å²) in [5.74, 6) is 0.765. The number of fused-ring (bicyclic) bond motifs is 1. The van der Waals surface area contributed by atoms with Gasteiger partial charge in [0.05, 0.1) is 34.8 Å². The number of benzene rings is 2. The number of carbonyl (C=O) groups is 1. The Kier molecular flexibility index (Phi) is 5.56. The zero-order valence-corrected chi connectivity index (χ0v) is 18.3. The van der Waals surface area contributed by atoms with Crippen molar-refractivity contribution >= 4 is 40.1 Å². The molecule has 4 rings (SSSR count). The number of ether oxygens (including phenoxy) is 1. The normalized spacial score (nSPS) is 14.6. The molecule has 0 N–H and O–H groups in total. The van der Waals surface area contributed by atoms with Gasteiger partial charge in [-0.1, -0.05) is 29.3 Å². The van der Waals surface area contributed by atoms with Gasteiger partial charge in [-0.25, -0.2) is 4.98 Å². The summed E-state index contributed by atoms with van der Waals surface area (Å²) < 4.78 is 7.42. The summed E-state index contributed by atoms with van der Waals surface area (Å²) in [6.07, 6.45) is 0.450. The van der Waals surface area contributed by atoms with Crippen molar-refractivity contribution in [3.63, 3.8) is 0 Å². The second kappa shape index (κ2) is 7.98. The Balaban J connectivity index is 1.72. The van der Waals surface area contributed by atoms with Crippen LogP contribution in [0.2, 0.25) is 10.0 Å². The van der Waals surface area contributed by atoms with Crippen molar-refractivity contribution in [2.45, 2.75) is 20.3 Å². The molecule has 0 unspecified atom stereocenters. The first-order valence-corrected chi connectivity index (χ1v) is 10.4. The molecule has 1 aliphatic heterocycles. The maximum absolute atomic E-state index is 12.9. The Labute approximate surface area is 180 Å². The Morgan fingerprint density at radius 1 is 1.17 bits per heavy atom. The van der Waals surface area contributed by atoms with Gasteiger partial charge in [0.15, 0.2) is 0 Å². The van der Waals surface area contributed by atoms with Crippen molar-refractivity contribution in [2.75, 3.05) is 26.3 Å². The second-order valence-corrected chi connectivity index (χ2v) is 8.29. The Morgan fingerprint density at radius 2 is 1.90 bits per heavy atom. The molecule has 0 aliphatic carbocycles. The highest BCUT2D eigenvalue weighted by Gasteiger charge is 2.24. The van der Waals surface area contributed by atoms with Crippen LogP contribution in [-0.2, 0) is 18.2 Å². The molecule has 1 fully saturated rings. The van der Waals surface area contributed by atoms with Crippen LogP contribution in [0.25, 0.3) is 11.0 Å². The Morgan fingerprint density at radius 3 is 2.62 bits per heavy atom. The lowest BCUT2D eigenvalue weighted by Gasteiger charge is -2.27. The number of carbonyl (C=O) groups excluding carboxylic acids is 1. The standard InChI is InChI=1S/C22H23Cl2N3O2/c1-13-10-14(2)21-18(11-13)25-19(26(21)3)12-16-17(23)5-4-15(20(16)24)22(28)27-6-8-29-9-7-27/h4-5,10-11H,6-9,12H2,1-3H3. The molecule has 3 aromatic rings. The molecule has 0 radical (unpaired) electrons. The minimum Gasteiger partial charge on any atom is -0.378 e. The van der Waals surface area contributed by atoms with Gasteiger partial charge < -0.3 is 14.2 Å². The zero-order chi connectivity index (χ0) is 20.7. The average Bonchev–Trinajstić information content (AvgIpc) is 3.00. The van der Waals surface area contributed by atoms with Gasteiger partial charge in [-0.05, 0) is 48.7 Å². The van der Waals surface area contributed by atoms with E-state index in [1.165, 1.54) is 11.1 Å². The third kappa shape index (κ3) is 3.75. The maximum atomic E-state index is 12.9. The summed E-state index contributed by atoms with van der Waals surface area (Å²) in [5.41, 5.74) is 5.59. The van der Waals surface area contributed by atoms with Gasteiger partial charge in [0, 0.05) is 31.6 Å². The first-order valence-electron chi connectivity index (χ1n) is 9.63. The minimum absolute atomic E-state index is 0.0901. The van der Waals surface area contributed by atoms with Crippen molar-refractivity contribution in [3.8, 4) is 0 Å². The number of hydrogen-bond donors (Lipinski definition) is 0. The Hall–Kier alpha value is -2.08. The SMILES string of the molecule is Cc1cc(C)c2c(c1)nc(Cc1c(Cl)ccc(C(=O)N3CCOCC3)c1Cl)n2C. The molecule has 29 heavy (non-hydrogen) atoms. The van der Waals surface area contributed by atoms with Crippen LogP contribution in [0.1, 0.15) is 32.9 Å². The number of rotatable bonds is 3. The average molecular weight is 432 g/mol. The topological polar surface area (TPSA) is 47.4 Å². The van der Waals surface area contributed by atoms with Crippen LogP contribution in [0.5, 0.6) is 0 Å². The summed E-state index contributed by atoms with van der Waals surface area (Å²) in [5, 5.41) is 0.933. The maximum Gasteiger partial charge on any atom is 0.255 e. The van der Waals surface area contributed by atoms with Crippen molar-refractivity contribution in [2.24, 2.45) is 7.05 Å². The van der Waals surface area contributed by atoms with E-state index in [9.17, 15) is 4.79 Å². The molecular weight excluding hydrogens is 409 g/mol. The van der Waals surface area contributed by atoms with E-state index < -0.39 is 0 Å². The number of imidazole rings is 1. The van der Waals surface area contributed by atoms with Crippen LogP contribution in [0, 0.1) is 13.8 Å². The second-order valence-electron chi connectivity index (χ2n) is 7.51. The molecule has 0 saturated carbocycles. The molecule has 7 heteroatoms. The third-order valence-corrected chi connectivity index (χ3v) is 6.23. The molecule has 0 spiro atoms. The molecule has 1 aromatic heterocycles. The molecule has 1 saturated heterocycles. The van der Waals surface area contributed by atoms with Gasteiger partial charge in [0.25, 0.3) is 5.91 Å². The van der Waals surface area contributed by atoms with Gasteiger partial charge in [-0.3, -0.25) is 4.79 Å². The predicted molar refractivity (Wildman–Crippen MR) is 116 cm³/mol. The largest absolute Gasteiger partial charge is 0.378 e. The van der Waals surface area contributed by atoms with E-state index in [-0.39, 0.29) is 5.91 Å². The van der Waals surface area contributed by atoms with E-state index in [0.29, 0.717) is 48.3 Å². The quantitative estimate of drug-likeness (QED) is 0.610. The number of nitrogens with zero attached hydrogens (tertiary/aromatic N) is 3. The molecular formula is C22H23Cl2N3O2. The lowest BCUT2D eigenvalue weighted by Crippen LogP contribution is -2.40. The number of morpholine rings is 1. The van der Waals surface area contributed by atoms with E-state index in [2.05, 4.69) is 30.5 Å². The highest BCUT2D eigenvalue weighted by Crippen LogP contribution is 2.32. The minimum atomic E-state index is -0.0901. The van der Waals surface area contributed by atoms with Gasteiger partial charge in [0.1, 0.15) is 5.82 Å². The molecule has 2 aromatic carbocycles. The molecule has 0 atom stereocenters. The van der Waals surface area contributed by atoms with Crippen LogP contribution in [0.4, 0.5) is 0 Å². The molecule has 2 heterocycles. The van der Waals surface area contributed by atoms with Gasteiger partial charge >= 0.3 is 0 Å². The van der Waals surface area contributed by atoms with E-state index in [1.807, 2.05) is 7.05 Å². The summed E-state index contributed by atoms with van der Waals surface area (Å²) in [4.78, 5) is 19.5. The third-order valence-electron chi connectivity index (χ3n) is 5.45. The fraction of sp³-hybridized carbons (Fsp3) is 0.364. The van der Waals surface area contributed by atoms with Gasteiger partial charge in [0.2, 0.25) is 0 Å². The predicted octanol–water partition coefficient (Wildman–Crippen LogP) is 4.56. The summed E-state index contributed by atoms with van der Waals surface area (Å²) >= 11 is 13.2. The van der Waals surface area contributed by atoms with Crippen LogP contribution < -0.4 is 0 Å². The monoisotopic (exact) mass is 431 g/mol. The van der Waals surface area contributed by atoms with E-state index >= 15 is 0 Å². The van der Waals surface area contributed by atoms with Gasteiger partial charge in [-0.15, -0.1) is 0 Å². The lowest BCUT2D eigenvalue weighted by atomic mass is 10.1. The fourth-order valence-corrected chi connectivity index (χ4v) is 4.57. The lowest BCUT2D eigenvalue weighted by molar-refractivity contribution is 0.0303. The number of aryl methyl sites for hydroxylation is 3. The number of halogens is 2. The summed E-state index contributed by atoms with van der Waals surface area (Å²) in [7, 11) is 2.00. The van der Waals surface area contributed by atoms with E-state index in [4.69, 9.17) is 32.9 Å². The molecule has 1 aliphatic rings. The van der Waals surface area contributed by atoms with E-state index in [0.717, 1.165) is 22.4 Å². The van der Waals surface area contributed by atoms with Crippen molar-refractivity contribution in [1.82, 2.24) is 14.5 Å². The van der Waals surface area contributed by atoms with Crippen LogP contribution in [0.15, 0.2) is 24.3 Å². The summed E-state index contributed by atoms with van der Waals surface area (Å²) in [6, 6.07) is 7.67. The molecule has 1 amide bonds. The number of aromatic nitrogens is 2. The first-order chi connectivity index (χ1) is 13.9. The molecule has 5 nitrogen and oxygen atoms in total. The van der Waals surface area contributed by atoms with Crippen LogP contribution in [0.3, 0.4) is 0 Å². The first kappa shape index (κ1) is 20.2. The smallest absolute Gasteiger partial charge is 0.255 e. The van der Waals surface area contributed by atoms with Gasteiger partial charge in [-0.2, -0.15) is 0 Å². The molecule has 152 valence electrons. The molecule has 0 bridgehead atoms. The Bertz CT molecular complexity index is 1100. The van der Waals surface area contributed by atoms with E-state index in [1.54, 1.807) is 17.0 Å². The zero-order valence-electron chi connectivity index (χ0n) is 16.8.